The molecule has 38 heavy (non-hydrogen) atoms. The largest absolute Gasteiger partial charge is 0.437 e. The van der Waals surface area contributed by atoms with Crippen molar-refractivity contribution in [2.75, 3.05) is 25.7 Å². The fourth-order valence-electron chi connectivity index (χ4n) is 4.62. The van der Waals surface area contributed by atoms with Crippen molar-refractivity contribution >= 4 is 31.1 Å². The number of carbonyl (C=O) groups is 1. The lowest BCUT2D eigenvalue weighted by Gasteiger charge is -2.24. The van der Waals surface area contributed by atoms with Gasteiger partial charge in [-0.25, -0.2) is 18.5 Å². The number of hydrogen-bond acceptors (Lipinski definition) is 12. The van der Waals surface area contributed by atoms with E-state index in [2.05, 4.69) is 15.0 Å². The van der Waals surface area contributed by atoms with Crippen molar-refractivity contribution in [2.45, 2.75) is 43.4 Å². The zero-order valence-corrected chi connectivity index (χ0v) is 21.2. The van der Waals surface area contributed by atoms with Gasteiger partial charge in [-0.2, -0.15) is 5.06 Å². The Morgan fingerprint density at radius 1 is 1.45 bits per heavy atom. The van der Waals surface area contributed by atoms with Gasteiger partial charge in [0.25, 0.3) is 11.5 Å². The maximum atomic E-state index is 12.6. The lowest BCUT2D eigenvalue weighted by molar-refractivity contribution is -0.745. The number of aromatic amines is 1. The SMILES string of the molecule is Cn1c[n+]([C@@H]2O[C@H](COP(=O)(O)n3ccnc3)C(OCON3CCC[C@H]3C=O)[C@@H]2O)c2nc(N)[nH]c(=O)c21. The molecule has 2 aliphatic heterocycles. The predicted octanol–water partition coefficient (Wildman–Crippen LogP) is -1.81. The Labute approximate surface area is 214 Å². The molecule has 0 bridgehead atoms. The van der Waals surface area contributed by atoms with E-state index in [1.165, 1.54) is 32.9 Å². The molecule has 2 saturated heterocycles. The Morgan fingerprint density at radius 3 is 3.00 bits per heavy atom. The molecular formula is C20H28N8O9P+. The van der Waals surface area contributed by atoms with Crippen LogP contribution in [0.1, 0.15) is 19.1 Å². The number of H-pyrrole nitrogens is 1. The number of nitrogen functional groups attached to an aromatic ring is 1. The zero-order valence-electron chi connectivity index (χ0n) is 20.3. The van der Waals surface area contributed by atoms with Gasteiger partial charge in [0, 0.05) is 18.9 Å². The molecule has 0 radical (unpaired) electrons. The van der Waals surface area contributed by atoms with Gasteiger partial charge >= 0.3 is 13.4 Å². The maximum absolute atomic E-state index is 12.6. The number of rotatable bonds is 10. The molecule has 6 atom stereocenters. The summed E-state index contributed by atoms with van der Waals surface area (Å²) >= 11 is 0. The van der Waals surface area contributed by atoms with Crippen molar-refractivity contribution < 1.29 is 42.8 Å². The first-order valence-corrected chi connectivity index (χ1v) is 13.2. The third kappa shape index (κ3) is 5.02. The molecule has 5 heterocycles. The Balaban J connectivity index is 1.38. The quantitative estimate of drug-likeness (QED) is 0.0941. The summed E-state index contributed by atoms with van der Waals surface area (Å²) in [5.74, 6) is -0.132. The molecule has 18 heteroatoms. The number of imidazole rings is 2. The van der Waals surface area contributed by atoms with Crippen LogP contribution in [0.15, 0.2) is 29.8 Å². The zero-order chi connectivity index (χ0) is 27.0. The van der Waals surface area contributed by atoms with E-state index in [0.29, 0.717) is 13.0 Å². The van der Waals surface area contributed by atoms with Gasteiger partial charge in [-0.3, -0.25) is 23.7 Å². The van der Waals surface area contributed by atoms with Gasteiger partial charge in [0.15, 0.2) is 13.1 Å². The van der Waals surface area contributed by atoms with Crippen molar-refractivity contribution in [3.63, 3.8) is 0 Å². The van der Waals surface area contributed by atoms with Crippen LogP contribution in [0.25, 0.3) is 11.2 Å². The van der Waals surface area contributed by atoms with Crippen molar-refractivity contribution in [3.05, 3.63) is 35.4 Å². The minimum atomic E-state index is -4.32. The lowest BCUT2D eigenvalue weighted by atomic mass is 10.1. The van der Waals surface area contributed by atoms with E-state index in [0.717, 1.165) is 23.4 Å². The number of hydrogen-bond donors (Lipinski definition) is 4. The topological polar surface area (TPSA) is 213 Å². The summed E-state index contributed by atoms with van der Waals surface area (Å²) < 4.78 is 33.6. The first-order chi connectivity index (χ1) is 18.2. The number of nitrogens with two attached hydrogens (primary N) is 1. The Kier molecular flexibility index (Phi) is 7.43. The number of nitrogens with one attached hydrogen (secondary N) is 1. The van der Waals surface area contributed by atoms with E-state index in [-0.39, 0.29) is 23.9 Å². The average molecular weight is 555 g/mol. The van der Waals surface area contributed by atoms with E-state index in [9.17, 15) is 24.2 Å². The highest BCUT2D eigenvalue weighted by Crippen LogP contribution is 2.44. The summed E-state index contributed by atoms with van der Waals surface area (Å²) in [6.07, 6.45) is 2.83. The molecule has 0 saturated carbocycles. The van der Waals surface area contributed by atoms with E-state index >= 15 is 0 Å². The van der Waals surface area contributed by atoms with Crippen LogP contribution in [0.2, 0.25) is 0 Å². The number of aromatic nitrogens is 6. The van der Waals surface area contributed by atoms with E-state index < -0.39 is 50.5 Å². The molecule has 3 aromatic rings. The molecule has 5 N–H and O–H groups in total. The van der Waals surface area contributed by atoms with Gasteiger partial charge in [-0.1, -0.05) is 4.98 Å². The summed E-state index contributed by atoms with van der Waals surface area (Å²) in [6.45, 7) is -0.244. The molecule has 0 aromatic carbocycles. The number of aldehydes is 1. The van der Waals surface area contributed by atoms with Gasteiger partial charge in [0.2, 0.25) is 11.7 Å². The molecule has 0 amide bonds. The van der Waals surface area contributed by atoms with Crippen LogP contribution < -0.4 is 15.9 Å². The maximum Gasteiger partial charge on any atom is 0.437 e. The van der Waals surface area contributed by atoms with Gasteiger partial charge in [-0.15, -0.1) is 0 Å². The van der Waals surface area contributed by atoms with Crippen LogP contribution in [-0.2, 0) is 35.2 Å². The van der Waals surface area contributed by atoms with Crippen molar-refractivity contribution in [2.24, 2.45) is 7.05 Å². The fraction of sp³-hybridized carbons (Fsp3) is 0.550. The number of aliphatic hydroxyl groups excluding tert-OH is 1. The van der Waals surface area contributed by atoms with Crippen LogP contribution in [0.4, 0.5) is 5.95 Å². The Bertz CT molecular complexity index is 1400. The highest BCUT2D eigenvalue weighted by Gasteiger charge is 2.49. The monoisotopic (exact) mass is 555 g/mol. The van der Waals surface area contributed by atoms with Crippen LogP contribution in [0.3, 0.4) is 0 Å². The smallest absolute Gasteiger partial charge is 0.384 e. The average Bonchev–Trinajstić information content (AvgIpc) is 3.66. The van der Waals surface area contributed by atoms with Crippen molar-refractivity contribution in [1.29, 1.82) is 0 Å². The lowest BCUT2D eigenvalue weighted by Crippen LogP contribution is -2.47. The normalized spacial score (nSPS) is 27.7. The number of anilines is 1. The molecule has 206 valence electrons. The molecule has 2 aliphatic rings. The fourth-order valence-corrected chi connectivity index (χ4v) is 5.52. The van der Waals surface area contributed by atoms with E-state index in [1.807, 2.05) is 0 Å². The summed E-state index contributed by atoms with van der Waals surface area (Å²) in [5.41, 5.74) is 5.57. The Hall–Kier alpha value is -3.02. The van der Waals surface area contributed by atoms with Crippen molar-refractivity contribution in [3.8, 4) is 0 Å². The third-order valence-corrected chi connectivity index (χ3v) is 7.75. The molecule has 3 aromatic heterocycles. The molecule has 2 unspecified atom stereocenters. The van der Waals surface area contributed by atoms with Crippen LogP contribution in [0.5, 0.6) is 0 Å². The first-order valence-electron chi connectivity index (χ1n) is 11.7. The van der Waals surface area contributed by atoms with E-state index in [4.69, 9.17) is 24.6 Å². The summed E-state index contributed by atoms with van der Waals surface area (Å²) in [5, 5.41) is 12.7. The molecule has 2 fully saturated rings. The minimum absolute atomic E-state index is 0.132. The number of fused-ring (bicyclic) bond motifs is 1. The van der Waals surface area contributed by atoms with Crippen LogP contribution in [-0.4, -0.2) is 89.5 Å². The molecule has 0 aliphatic carbocycles. The van der Waals surface area contributed by atoms with Gasteiger partial charge in [0.1, 0.15) is 30.9 Å². The minimum Gasteiger partial charge on any atom is -0.384 e. The van der Waals surface area contributed by atoms with Gasteiger partial charge in [0.05, 0.1) is 19.7 Å². The number of hydroxylamine groups is 2. The van der Waals surface area contributed by atoms with Crippen molar-refractivity contribution in [1.82, 2.24) is 28.9 Å². The number of aliphatic hydroxyl groups is 1. The molecule has 0 spiro atoms. The van der Waals surface area contributed by atoms with E-state index in [1.54, 1.807) is 7.05 Å². The van der Waals surface area contributed by atoms with Crippen LogP contribution >= 0.6 is 7.75 Å². The standard InChI is InChI=1S/C20H27N8O9P/c1-25-10-27(17-14(25)18(31)24-20(21)23-17)19-15(30)16(34-11-35-28-5-2-3-12(28)7-29)13(37-19)8-36-38(32,33)26-6-4-22-9-26/h4,6-7,9-10,12-13,15-16,19,30H,2-3,5,8,11H2,1H3,(H3-,21,23,24,31,32,33)/p+1/t12-,13+,15-,16?,19+/m0/s1. The number of carbonyl (C=O) groups excluding carboxylic acids is 1. The second kappa shape index (κ2) is 10.6. The highest BCUT2D eigenvalue weighted by molar-refractivity contribution is 7.51. The first kappa shape index (κ1) is 26.6. The summed E-state index contributed by atoms with van der Waals surface area (Å²) in [7, 11) is -2.70. The number of ether oxygens (including phenoxy) is 2. The number of nitrogens with zero attached hydrogens (tertiary/aromatic N) is 6. The second-order valence-corrected chi connectivity index (χ2v) is 10.6. The number of aryl methyl sites for hydroxylation is 1. The van der Waals surface area contributed by atoms with Crippen LogP contribution in [0, 0.1) is 0 Å². The Morgan fingerprint density at radius 2 is 2.26 bits per heavy atom. The summed E-state index contributed by atoms with van der Waals surface area (Å²) in [6, 6.07) is -0.397. The summed E-state index contributed by atoms with van der Waals surface area (Å²) in [4.78, 5) is 49.9. The molecule has 17 nitrogen and oxygen atoms in total. The molecule has 5 rings (SSSR count). The van der Waals surface area contributed by atoms with Gasteiger partial charge in [-0.05, 0) is 12.8 Å². The highest BCUT2D eigenvalue weighted by atomic mass is 31.2. The second-order valence-electron chi connectivity index (χ2n) is 8.91. The third-order valence-electron chi connectivity index (χ3n) is 6.45. The predicted molar refractivity (Wildman–Crippen MR) is 126 cm³/mol. The molecular weight excluding hydrogens is 527 g/mol. The van der Waals surface area contributed by atoms with Gasteiger partial charge < -0.3 is 30.0 Å².